The van der Waals surface area contributed by atoms with Gasteiger partial charge in [-0.05, 0) is 12.2 Å². The molecule has 1 aliphatic carbocycles. The van der Waals surface area contributed by atoms with Crippen LogP contribution in [0.3, 0.4) is 0 Å². The molecule has 8 heavy (non-hydrogen) atoms. The van der Waals surface area contributed by atoms with Crippen LogP contribution in [-0.2, 0) is 0 Å². The van der Waals surface area contributed by atoms with Crippen molar-refractivity contribution in [3.63, 3.8) is 0 Å². The fourth-order valence-corrected chi connectivity index (χ4v) is 1.07. The van der Waals surface area contributed by atoms with Gasteiger partial charge in [-0.2, -0.15) is 0 Å². The third-order valence-electron chi connectivity index (χ3n) is 1.51. The molecule has 3 aliphatic rings. The van der Waals surface area contributed by atoms with E-state index in [1.165, 1.54) is 0 Å². The normalized spacial score (nSPS) is 39.9. The second kappa shape index (κ2) is 0.977. The lowest BCUT2D eigenvalue weighted by Crippen LogP contribution is -2.54. The lowest BCUT2D eigenvalue weighted by molar-refractivity contribution is 0.0174. The van der Waals surface area contributed by atoms with Crippen LogP contribution in [0.25, 0.3) is 0 Å². The van der Waals surface area contributed by atoms with Crippen molar-refractivity contribution in [3.8, 4) is 0 Å². The van der Waals surface area contributed by atoms with Gasteiger partial charge in [0, 0.05) is 12.1 Å². The number of rotatable bonds is 0. The Labute approximate surface area is 47.5 Å². The molecule has 2 aliphatic heterocycles. The van der Waals surface area contributed by atoms with Crippen LogP contribution in [0, 0.1) is 0 Å². The molecule has 2 nitrogen and oxygen atoms in total. The summed E-state index contributed by atoms with van der Waals surface area (Å²) in [5, 5.41) is 12.1. The molecular formula is C6H7NO. The lowest BCUT2D eigenvalue weighted by atomic mass is 9.93. The molecule has 0 aromatic rings. The topological polar surface area (TPSA) is 32.3 Å². The van der Waals surface area contributed by atoms with E-state index in [-0.39, 0.29) is 0 Å². The van der Waals surface area contributed by atoms with Crippen LogP contribution in [0.2, 0.25) is 0 Å². The average Bonchev–Trinajstić information content (AvgIpc) is 1.63. The molecule has 0 radical (unpaired) electrons. The van der Waals surface area contributed by atoms with Crippen molar-refractivity contribution in [1.82, 2.24) is 5.32 Å². The fraction of sp³-hybridized carbons (Fsp3) is 0.333. The van der Waals surface area contributed by atoms with Gasteiger partial charge in [0.15, 0.2) is 5.72 Å². The minimum Gasteiger partial charge on any atom is -0.367 e. The molecule has 0 spiro atoms. The van der Waals surface area contributed by atoms with Crippen LogP contribution in [0.4, 0.5) is 0 Å². The van der Waals surface area contributed by atoms with E-state index < -0.39 is 5.72 Å². The molecule has 0 saturated carbocycles. The summed E-state index contributed by atoms with van der Waals surface area (Å²) in [7, 11) is 0. The van der Waals surface area contributed by atoms with Gasteiger partial charge in [-0.3, -0.25) is 0 Å². The molecule has 2 bridgehead atoms. The molecule has 2 heterocycles. The zero-order valence-electron chi connectivity index (χ0n) is 4.39. The number of hydrogen-bond acceptors (Lipinski definition) is 2. The first kappa shape index (κ1) is 4.15. The van der Waals surface area contributed by atoms with Crippen LogP contribution in [-0.4, -0.2) is 10.8 Å². The van der Waals surface area contributed by atoms with Crippen LogP contribution in [0.5, 0.6) is 0 Å². The Morgan fingerprint density at radius 1 is 1.75 bits per heavy atom. The van der Waals surface area contributed by atoms with Gasteiger partial charge in [0.2, 0.25) is 0 Å². The van der Waals surface area contributed by atoms with Gasteiger partial charge >= 0.3 is 0 Å². The van der Waals surface area contributed by atoms with Crippen molar-refractivity contribution >= 4 is 0 Å². The summed E-state index contributed by atoms with van der Waals surface area (Å²) in [5.74, 6) is 0. The second-order valence-corrected chi connectivity index (χ2v) is 2.28. The minimum atomic E-state index is -0.677. The Balaban J connectivity index is 2.37. The molecule has 42 valence electrons. The molecule has 0 aromatic carbocycles. The quantitative estimate of drug-likeness (QED) is 0.463. The Morgan fingerprint density at radius 3 is 2.75 bits per heavy atom. The molecule has 3 rings (SSSR count). The molecule has 2 N–H and O–H groups in total. The standard InChI is InChI=1S/C6H7NO/c8-6-3-1-2-5(4-6)7-6/h1-3,7-8H,4H2. The van der Waals surface area contributed by atoms with Gasteiger partial charge in [-0.25, -0.2) is 0 Å². The van der Waals surface area contributed by atoms with E-state index in [1.54, 1.807) is 6.08 Å². The highest BCUT2D eigenvalue weighted by Gasteiger charge is 2.36. The van der Waals surface area contributed by atoms with E-state index in [0.717, 1.165) is 12.1 Å². The average molecular weight is 109 g/mol. The largest absolute Gasteiger partial charge is 0.367 e. The first-order valence-corrected chi connectivity index (χ1v) is 2.67. The van der Waals surface area contributed by atoms with Gasteiger partial charge in [0.1, 0.15) is 0 Å². The molecule has 1 saturated heterocycles. The highest BCUT2D eigenvalue weighted by Crippen LogP contribution is 2.29. The van der Waals surface area contributed by atoms with E-state index in [4.69, 9.17) is 0 Å². The smallest absolute Gasteiger partial charge is 0.160 e. The van der Waals surface area contributed by atoms with E-state index in [9.17, 15) is 5.11 Å². The molecule has 1 atom stereocenters. The van der Waals surface area contributed by atoms with Crippen molar-refractivity contribution in [2.24, 2.45) is 0 Å². The van der Waals surface area contributed by atoms with Crippen molar-refractivity contribution < 1.29 is 5.11 Å². The molecule has 0 aromatic heterocycles. The van der Waals surface area contributed by atoms with Crippen LogP contribution in [0.1, 0.15) is 6.42 Å². The Bertz CT molecular complexity index is 173. The van der Waals surface area contributed by atoms with Gasteiger partial charge in [-0.15, -0.1) is 0 Å². The van der Waals surface area contributed by atoms with E-state index >= 15 is 0 Å². The second-order valence-electron chi connectivity index (χ2n) is 2.28. The predicted molar refractivity (Wildman–Crippen MR) is 29.9 cm³/mol. The maximum Gasteiger partial charge on any atom is 0.160 e. The van der Waals surface area contributed by atoms with E-state index in [2.05, 4.69) is 5.32 Å². The first-order valence-electron chi connectivity index (χ1n) is 2.67. The monoisotopic (exact) mass is 109 g/mol. The lowest BCUT2D eigenvalue weighted by Gasteiger charge is -2.41. The summed E-state index contributed by atoms with van der Waals surface area (Å²) >= 11 is 0. The zero-order chi connectivity index (χ0) is 5.61. The third-order valence-corrected chi connectivity index (χ3v) is 1.51. The molecule has 2 heteroatoms. The molecule has 1 fully saturated rings. The molecule has 1 unspecified atom stereocenters. The fourth-order valence-electron chi connectivity index (χ4n) is 1.07. The van der Waals surface area contributed by atoms with Crippen LogP contribution < -0.4 is 5.32 Å². The first-order chi connectivity index (χ1) is 3.79. The summed E-state index contributed by atoms with van der Waals surface area (Å²) in [6.45, 7) is 0. The summed E-state index contributed by atoms with van der Waals surface area (Å²) in [6.07, 6.45) is 6.37. The number of hydrogen-bond donors (Lipinski definition) is 2. The van der Waals surface area contributed by atoms with Gasteiger partial charge in [-0.1, -0.05) is 6.08 Å². The predicted octanol–water partition coefficient (Wildman–Crippen LogP) is 0.122. The highest BCUT2D eigenvalue weighted by molar-refractivity contribution is 5.32. The summed E-state index contributed by atoms with van der Waals surface area (Å²) < 4.78 is 0. The Hall–Kier alpha value is -0.760. The Morgan fingerprint density at radius 2 is 2.50 bits per heavy atom. The maximum absolute atomic E-state index is 9.20. The number of fused-ring (bicyclic) bond motifs is 1. The van der Waals surface area contributed by atoms with Crippen molar-refractivity contribution in [2.45, 2.75) is 12.1 Å². The van der Waals surface area contributed by atoms with Gasteiger partial charge in [0.25, 0.3) is 0 Å². The third kappa shape index (κ3) is 0.357. The van der Waals surface area contributed by atoms with Gasteiger partial charge < -0.3 is 10.4 Å². The summed E-state index contributed by atoms with van der Waals surface area (Å²) in [4.78, 5) is 0. The van der Waals surface area contributed by atoms with E-state index in [0.29, 0.717) is 0 Å². The Kier molecular flexibility index (Phi) is 0.507. The van der Waals surface area contributed by atoms with Crippen molar-refractivity contribution in [2.75, 3.05) is 0 Å². The number of aliphatic hydroxyl groups is 1. The van der Waals surface area contributed by atoms with Gasteiger partial charge in [0.05, 0.1) is 0 Å². The van der Waals surface area contributed by atoms with E-state index in [1.807, 2.05) is 12.2 Å². The summed E-state index contributed by atoms with van der Waals surface area (Å²) in [6, 6.07) is 0. The van der Waals surface area contributed by atoms with Crippen LogP contribution in [0.15, 0.2) is 23.9 Å². The van der Waals surface area contributed by atoms with Crippen molar-refractivity contribution in [3.05, 3.63) is 23.9 Å². The minimum absolute atomic E-state index is 0.677. The summed E-state index contributed by atoms with van der Waals surface area (Å²) in [5.41, 5.74) is 0.458. The number of nitrogens with one attached hydrogen (secondary N) is 1. The van der Waals surface area contributed by atoms with Crippen molar-refractivity contribution in [1.29, 1.82) is 0 Å². The zero-order valence-corrected chi connectivity index (χ0v) is 4.39. The highest BCUT2D eigenvalue weighted by atomic mass is 16.3. The number of allylic oxidation sites excluding steroid dienone is 2. The SMILES string of the molecule is OC12C=CC=C(C1)N2. The molecular weight excluding hydrogens is 102 g/mol. The number of dihydropyridines is 1. The maximum atomic E-state index is 9.20. The van der Waals surface area contributed by atoms with Crippen LogP contribution >= 0.6 is 0 Å². The molecule has 0 amide bonds.